The first-order chi connectivity index (χ1) is 14.0. The summed E-state index contributed by atoms with van der Waals surface area (Å²) < 4.78 is 17.8. The topological polar surface area (TPSA) is 109 Å². The van der Waals surface area contributed by atoms with E-state index in [0.29, 0.717) is 25.2 Å². The van der Waals surface area contributed by atoms with E-state index in [1.54, 1.807) is 6.07 Å². The van der Waals surface area contributed by atoms with Crippen molar-refractivity contribution in [1.29, 1.82) is 0 Å². The van der Waals surface area contributed by atoms with Gasteiger partial charge in [-0.25, -0.2) is 0 Å². The molecular formula is C21H23BrO7. The number of ether oxygens (including phenoxy) is 3. The molecule has 2 aromatic carbocycles. The maximum absolute atomic E-state index is 10.4. The zero-order valence-electron chi connectivity index (χ0n) is 15.6. The maximum Gasteiger partial charge on any atom is 0.161 e. The zero-order valence-corrected chi connectivity index (χ0v) is 17.2. The lowest BCUT2D eigenvalue weighted by molar-refractivity contribution is -0.231. The highest BCUT2D eigenvalue weighted by molar-refractivity contribution is 9.10. The van der Waals surface area contributed by atoms with Crippen LogP contribution in [0.1, 0.15) is 22.8 Å². The average molecular weight is 467 g/mol. The zero-order chi connectivity index (χ0) is 20.5. The molecule has 4 N–H and O–H groups in total. The molecule has 2 aliphatic rings. The molecule has 1 saturated heterocycles. The first kappa shape index (κ1) is 20.6. The van der Waals surface area contributed by atoms with Crippen LogP contribution in [0.2, 0.25) is 0 Å². The number of hydrogen-bond acceptors (Lipinski definition) is 7. The Labute approximate surface area is 176 Å². The average Bonchev–Trinajstić information content (AvgIpc) is 2.74. The lowest BCUT2D eigenvalue weighted by atomic mass is 9.90. The second-order valence-electron chi connectivity index (χ2n) is 7.26. The molecule has 5 atom stereocenters. The molecule has 0 bridgehead atoms. The van der Waals surface area contributed by atoms with E-state index in [2.05, 4.69) is 15.9 Å². The lowest BCUT2D eigenvalue weighted by Crippen LogP contribution is -2.55. The molecule has 0 aliphatic carbocycles. The molecule has 156 valence electrons. The molecule has 0 radical (unpaired) electrons. The van der Waals surface area contributed by atoms with Gasteiger partial charge in [0.15, 0.2) is 11.5 Å². The van der Waals surface area contributed by atoms with Gasteiger partial charge in [0, 0.05) is 4.47 Å². The van der Waals surface area contributed by atoms with Gasteiger partial charge in [0.25, 0.3) is 0 Å². The number of benzene rings is 2. The fourth-order valence-electron chi connectivity index (χ4n) is 3.70. The molecule has 5 unspecified atom stereocenters. The van der Waals surface area contributed by atoms with E-state index in [9.17, 15) is 20.4 Å². The van der Waals surface area contributed by atoms with Gasteiger partial charge in [-0.1, -0.05) is 34.1 Å². The molecule has 2 heterocycles. The molecule has 0 saturated carbocycles. The Hall–Kier alpha value is -1.68. The van der Waals surface area contributed by atoms with Crippen LogP contribution >= 0.6 is 15.9 Å². The van der Waals surface area contributed by atoms with Crippen LogP contribution in [0.5, 0.6) is 11.5 Å². The molecule has 1 fully saturated rings. The van der Waals surface area contributed by atoms with Crippen molar-refractivity contribution >= 4 is 15.9 Å². The Bertz CT molecular complexity index is 872. The van der Waals surface area contributed by atoms with Crippen LogP contribution in [0.3, 0.4) is 0 Å². The van der Waals surface area contributed by atoms with E-state index in [1.807, 2.05) is 30.3 Å². The summed E-state index contributed by atoms with van der Waals surface area (Å²) in [6.45, 7) is 0.605. The Morgan fingerprint density at radius 3 is 2.41 bits per heavy atom. The van der Waals surface area contributed by atoms with E-state index < -0.39 is 37.1 Å². The third-order valence-corrected chi connectivity index (χ3v) is 6.07. The second kappa shape index (κ2) is 8.59. The predicted molar refractivity (Wildman–Crippen MR) is 107 cm³/mol. The number of hydrogen-bond donors (Lipinski definition) is 4. The molecule has 7 nitrogen and oxygen atoms in total. The minimum absolute atomic E-state index is 0.456. The van der Waals surface area contributed by atoms with Crippen molar-refractivity contribution in [3.8, 4) is 11.5 Å². The summed E-state index contributed by atoms with van der Waals surface area (Å²) in [5.41, 5.74) is 2.63. The van der Waals surface area contributed by atoms with Crippen molar-refractivity contribution in [2.24, 2.45) is 0 Å². The summed E-state index contributed by atoms with van der Waals surface area (Å²) in [4.78, 5) is 0. The van der Waals surface area contributed by atoms with E-state index in [1.165, 1.54) is 0 Å². The summed E-state index contributed by atoms with van der Waals surface area (Å²) in [7, 11) is 0. The molecule has 8 heteroatoms. The van der Waals surface area contributed by atoms with Crippen LogP contribution < -0.4 is 9.47 Å². The third-order valence-electron chi connectivity index (χ3n) is 5.29. The summed E-state index contributed by atoms with van der Waals surface area (Å²) in [5.74, 6) is 1.45. The van der Waals surface area contributed by atoms with Gasteiger partial charge < -0.3 is 34.6 Å². The third kappa shape index (κ3) is 4.14. The molecule has 0 aromatic heterocycles. The number of rotatable bonds is 4. The Balaban J connectivity index is 1.59. The number of aliphatic hydroxyl groups excluding tert-OH is 4. The molecule has 29 heavy (non-hydrogen) atoms. The first-order valence-corrected chi connectivity index (χ1v) is 10.2. The van der Waals surface area contributed by atoms with Crippen molar-refractivity contribution < 1.29 is 34.6 Å². The van der Waals surface area contributed by atoms with Gasteiger partial charge in [-0.2, -0.15) is 0 Å². The van der Waals surface area contributed by atoms with Gasteiger partial charge in [0.2, 0.25) is 0 Å². The van der Waals surface area contributed by atoms with Crippen LogP contribution in [0, 0.1) is 0 Å². The Morgan fingerprint density at radius 1 is 0.897 bits per heavy atom. The largest absolute Gasteiger partial charge is 0.486 e. The molecule has 0 amide bonds. The van der Waals surface area contributed by atoms with Crippen molar-refractivity contribution in [3.05, 3.63) is 57.6 Å². The first-order valence-electron chi connectivity index (χ1n) is 9.45. The van der Waals surface area contributed by atoms with E-state index in [4.69, 9.17) is 14.2 Å². The monoisotopic (exact) mass is 466 g/mol. The van der Waals surface area contributed by atoms with Crippen molar-refractivity contribution in [3.63, 3.8) is 0 Å². The smallest absolute Gasteiger partial charge is 0.161 e. The fourth-order valence-corrected chi connectivity index (χ4v) is 4.09. The minimum atomic E-state index is -1.41. The van der Waals surface area contributed by atoms with E-state index in [-0.39, 0.29) is 0 Å². The van der Waals surface area contributed by atoms with Gasteiger partial charge in [0.1, 0.15) is 43.7 Å². The van der Waals surface area contributed by atoms with Gasteiger partial charge >= 0.3 is 0 Å². The second-order valence-corrected chi connectivity index (χ2v) is 8.11. The molecule has 2 aliphatic heterocycles. The van der Waals surface area contributed by atoms with Crippen LogP contribution in [0.15, 0.2) is 40.9 Å². The maximum atomic E-state index is 10.4. The molecule has 0 spiro atoms. The minimum Gasteiger partial charge on any atom is -0.486 e. The van der Waals surface area contributed by atoms with Gasteiger partial charge in [-0.3, -0.25) is 0 Å². The summed E-state index contributed by atoms with van der Waals surface area (Å²) >= 11 is 3.56. The standard InChI is InChI=1S/C21H23BrO7/c22-14-3-2-12(21-20(26)19(25)18(24)17(10-23)29-21)9-13(14)7-11-1-4-15-16(8-11)28-6-5-27-15/h1-4,8-9,17-21,23-26H,5-7,10H2. The van der Waals surface area contributed by atoms with E-state index in [0.717, 1.165) is 27.1 Å². The van der Waals surface area contributed by atoms with Crippen molar-refractivity contribution in [2.75, 3.05) is 19.8 Å². The summed E-state index contributed by atoms with van der Waals surface area (Å²) in [5, 5.41) is 39.9. The van der Waals surface area contributed by atoms with Gasteiger partial charge in [-0.15, -0.1) is 0 Å². The Kier molecular flexibility index (Phi) is 6.10. The quantitative estimate of drug-likeness (QED) is 0.538. The van der Waals surface area contributed by atoms with Crippen LogP contribution in [-0.4, -0.2) is 64.7 Å². The normalized spacial score (nSPS) is 28.9. The van der Waals surface area contributed by atoms with Crippen molar-refractivity contribution in [1.82, 2.24) is 0 Å². The van der Waals surface area contributed by atoms with E-state index >= 15 is 0 Å². The summed E-state index contributed by atoms with van der Waals surface area (Å²) in [6, 6.07) is 11.3. The van der Waals surface area contributed by atoms with Gasteiger partial charge in [-0.05, 0) is 41.3 Å². The number of fused-ring (bicyclic) bond motifs is 1. The van der Waals surface area contributed by atoms with Crippen molar-refractivity contribution in [2.45, 2.75) is 36.9 Å². The van der Waals surface area contributed by atoms with Crippen LogP contribution in [-0.2, 0) is 11.2 Å². The highest BCUT2D eigenvalue weighted by Gasteiger charge is 2.44. The molecule has 2 aromatic rings. The van der Waals surface area contributed by atoms with Crippen LogP contribution in [0.4, 0.5) is 0 Å². The number of aliphatic hydroxyl groups is 4. The summed E-state index contributed by atoms with van der Waals surface area (Å²) in [6.07, 6.45) is -5.30. The highest BCUT2D eigenvalue weighted by Crippen LogP contribution is 2.36. The lowest BCUT2D eigenvalue weighted by Gasteiger charge is -2.40. The van der Waals surface area contributed by atoms with Gasteiger partial charge in [0.05, 0.1) is 6.61 Å². The highest BCUT2D eigenvalue weighted by atomic mass is 79.9. The number of halogens is 1. The van der Waals surface area contributed by atoms with Crippen LogP contribution in [0.25, 0.3) is 0 Å². The molecule has 4 rings (SSSR count). The Morgan fingerprint density at radius 2 is 1.66 bits per heavy atom. The molecular weight excluding hydrogens is 444 g/mol. The predicted octanol–water partition coefficient (Wildman–Crippen LogP) is 1.33. The fraction of sp³-hybridized carbons (Fsp3) is 0.429. The SMILES string of the molecule is OCC1OC(c2ccc(Br)c(Cc3ccc4c(c3)OCCO4)c2)C(O)C(O)C1O.